The third kappa shape index (κ3) is 3.15. The molecule has 1 fully saturated rings. The number of benzene rings is 2. The van der Waals surface area contributed by atoms with E-state index in [-0.39, 0.29) is 17.6 Å². The Kier molecular flexibility index (Phi) is 4.57. The van der Waals surface area contributed by atoms with E-state index in [0.717, 1.165) is 36.6 Å². The first kappa shape index (κ1) is 16.6. The molecule has 1 saturated carbocycles. The number of hydrogen-bond donors (Lipinski definition) is 0. The van der Waals surface area contributed by atoms with Gasteiger partial charge in [0.25, 0.3) is 5.69 Å². The van der Waals surface area contributed by atoms with E-state index >= 15 is 0 Å². The highest BCUT2D eigenvalue weighted by Gasteiger charge is 2.31. The SMILES string of the molecule is O=C(c1cccc[n+]1[O-])N(Cc1cccc2ccccc12)C1CCCC1. The number of amides is 1. The van der Waals surface area contributed by atoms with Crippen LogP contribution in [0.4, 0.5) is 0 Å². The highest BCUT2D eigenvalue weighted by atomic mass is 16.5. The van der Waals surface area contributed by atoms with E-state index in [9.17, 15) is 10.0 Å². The van der Waals surface area contributed by atoms with Crippen molar-refractivity contribution in [1.82, 2.24) is 4.90 Å². The number of carbonyl (C=O) groups is 1. The lowest BCUT2D eigenvalue weighted by atomic mass is 10.0. The zero-order valence-electron chi connectivity index (χ0n) is 14.7. The van der Waals surface area contributed by atoms with Crippen LogP contribution in [0.15, 0.2) is 66.9 Å². The second kappa shape index (κ2) is 7.16. The lowest BCUT2D eigenvalue weighted by molar-refractivity contribution is -0.608. The average Bonchev–Trinajstić information content (AvgIpc) is 3.20. The van der Waals surface area contributed by atoms with E-state index in [4.69, 9.17) is 0 Å². The lowest BCUT2D eigenvalue weighted by Crippen LogP contribution is -2.44. The molecule has 1 aliphatic rings. The maximum Gasteiger partial charge on any atom is 0.320 e. The van der Waals surface area contributed by atoms with Gasteiger partial charge in [-0.3, -0.25) is 4.79 Å². The van der Waals surface area contributed by atoms with Crippen molar-refractivity contribution in [2.45, 2.75) is 38.3 Å². The van der Waals surface area contributed by atoms with Crippen LogP contribution in [0, 0.1) is 5.21 Å². The maximum absolute atomic E-state index is 13.2. The van der Waals surface area contributed by atoms with Crippen molar-refractivity contribution in [3.05, 3.63) is 83.3 Å². The molecule has 1 amide bonds. The summed E-state index contributed by atoms with van der Waals surface area (Å²) in [6.45, 7) is 0.528. The van der Waals surface area contributed by atoms with Crippen LogP contribution < -0.4 is 4.73 Å². The molecule has 132 valence electrons. The van der Waals surface area contributed by atoms with E-state index in [1.807, 2.05) is 23.1 Å². The van der Waals surface area contributed by atoms with E-state index in [2.05, 4.69) is 24.3 Å². The Morgan fingerprint density at radius 1 is 1.00 bits per heavy atom. The Morgan fingerprint density at radius 2 is 1.73 bits per heavy atom. The first-order valence-corrected chi connectivity index (χ1v) is 9.20. The molecule has 1 aliphatic carbocycles. The summed E-state index contributed by atoms with van der Waals surface area (Å²) in [6.07, 6.45) is 5.66. The van der Waals surface area contributed by atoms with Gasteiger partial charge in [0.15, 0.2) is 6.20 Å². The third-order valence-corrected chi connectivity index (χ3v) is 5.29. The molecule has 0 spiro atoms. The monoisotopic (exact) mass is 346 g/mol. The number of fused-ring (bicyclic) bond motifs is 1. The Balaban J connectivity index is 1.72. The molecule has 3 aromatic rings. The molecule has 0 unspecified atom stereocenters. The molecule has 0 aliphatic heterocycles. The summed E-state index contributed by atoms with van der Waals surface area (Å²) in [5.41, 5.74) is 1.32. The molecule has 0 radical (unpaired) electrons. The van der Waals surface area contributed by atoms with Crippen LogP contribution >= 0.6 is 0 Å². The Bertz CT molecular complexity index is 927. The quantitative estimate of drug-likeness (QED) is 0.528. The molecule has 0 atom stereocenters. The summed E-state index contributed by atoms with van der Waals surface area (Å²) in [5, 5.41) is 14.4. The van der Waals surface area contributed by atoms with Gasteiger partial charge in [0.2, 0.25) is 0 Å². The minimum atomic E-state index is -0.180. The molecule has 0 saturated heterocycles. The van der Waals surface area contributed by atoms with Crippen LogP contribution in [0.3, 0.4) is 0 Å². The molecule has 1 aromatic heterocycles. The van der Waals surface area contributed by atoms with E-state index < -0.39 is 0 Å². The predicted molar refractivity (Wildman–Crippen MR) is 101 cm³/mol. The molecule has 1 heterocycles. The molecular formula is C22H22N2O2. The Morgan fingerprint density at radius 3 is 2.54 bits per heavy atom. The lowest BCUT2D eigenvalue weighted by Gasteiger charge is -2.28. The zero-order chi connectivity index (χ0) is 17.9. The molecular weight excluding hydrogens is 324 g/mol. The van der Waals surface area contributed by atoms with Gasteiger partial charge in [-0.1, -0.05) is 55.3 Å². The van der Waals surface area contributed by atoms with Gasteiger partial charge in [0.1, 0.15) is 0 Å². The largest absolute Gasteiger partial charge is 0.618 e. The van der Waals surface area contributed by atoms with Crippen molar-refractivity contribution in [1.29, 1.82) is 0 Å². The third-order valence-electron chi connectivity index (χ3n) is 5.29. The molecule has 4 nitrogen and oxygen atoms in total. The smallest absolute Gasteiger partial charge is 0.320 e. The van der Waals surface area contributed by atoms with Crippen molar-refractivity contribution in [3.8, 4) is 0 Å². The van der Waals surface area contributed by atoms with Crippen LogP contribution in [0.25, 0.3) is 10.8 Å². The zero-order valence-corrected chi connectivity index (χ0v) is 14.7. The van der Waals surface area contributed by atoms with Gasteiger partial charge in [-0.15, -0.1) is 0 Å². The van der Waals surface area contributed by atoms with Crippen molar-refractivity contribution in [2.24, 2.45) is 0 Å². The second-order valence-electron chi connectivity index (χ2n) is 6.92. The number of hydrogen-bond acceptors (Lipinski definition) is 2. The number of carbonyl (C=O) groups excluding carboxylic acids is 1. The van der Waals surface area contributed by atoms with Crippen LogP contribution in [0.5, 0.6) is 0 Å². The van der Waals surface area contributed by atoms with E-state index in [1.165, 1.54) is 11.6 Å². The minimum absolute atomic E-state index is 0.180. The second-order valence-corrected chi connectivity index (χ2v) is 6.92. The fourth-order valence-corrected chi connectivity index (χ4v) is 3.94. The van der Waals surface area contributed by atoms with Crippen molar-refractivity contribution >= 4 is 16.7 Å². The highest BCUT2D eigenvalue weighted by Crippen LogP contribution is 2.28. The van der Waals surface area contributed by atoms with Gasteiger partial charge in [-0.05, 0) is 35.2 Å². The molecule has 4 rings (SSSR count). The number of rotatable bonds is 4. The van der Waals surface area contributed by atoms with Crippen LogP contribution in [-0.4, -0.2) is 16.8 Å². The summed E-state index contributed by atoms with van der Waals surface area (Å²) >= 11 is 0. The normalized spacial score (nSPS) is 14.6. The van der Waals surface area contributed by atoms with Crippen molar-refractivity contribution < 1.29 is 9.52 Å². The fraction of sp³-hybridized carbons (Fsp3) is 0.273. The molecule has 4 heteroatoms. The number of aromatic nitrogens is 1. The topological polar surface area (TPSA) is 47.2 Å². The number of pyridine rings is 1. The van der Waals surface area contributed by atoms with Gasteiger partial charge in [0.05, 0.1) is 0 Å². The van der Waals surface area contributed by atoms with Gasteiger partial charge in [-0.2, -0.15) is 4.73 Å². The summed E-state index contributed by atoms with van der Waals surface area (Å²) in [5.74, 6) is -0.180. The summed E-state index contributed by atoms with van der Waals surface area (Å²) in [6, 6.07) is 19.6. The van der Waals surface area contributed by atoms with Gasteiger partial charge in [-0.25, -0.2) is 0 Å². The van der Waals surface area contributed by atoms with Gasteiger partial charge < -0.3 is 10.1 Å². The predicted octanol–water partition coefficient (Wildman–Crippen LogP) is 4.06. The Labute approximate surface area is 153 Å². The molecule has 0 N–H and O–H groups in total. The van der Waals surface area contributed by atoms with Crippen molar-refractivity contribution in [3.63, 3.8) is 0 Å². The Hall–Kier alpha value is -2.88. The maximum atomic E-state index is 13.2. The fourth-order valence-electron chi connectivity index (χ4n) is 3.94. The molecule has 0 bridgehead atoms. The van der Waals surface area contributed by atoms with Crippen LogP contribution in [-0.2, 0) is 6.54 Å². The average molecular weight is 346 g/mol. The van der Waals surface area contributed by atoms with Crippen molar-refractivity contribution in [2.75, 3.05) is 0 Å². The standard InChI is InChI=1S/C22H22N2O2/c25-22(21-14-5-6-15-24(21)26)23(19-11-2-3-12-19)16-18-10-7-9-17-8-1-4-13-20(17)18/h1,4-10,13-15,19H,2-3,11-12,16H2. The summed E-state index contributed by atoms with van der Waals surface area (Å²) < 4.78 is 0.674. The van der Waals surface area contributed by atoms with E-state index in [1.54, 1.807) is 18.2 Å². The minimum Gasteiger partial charge on any atom is -0.618 e. The van der Waals surface area contributed by atoms with Gasteiger partial charge in [0, 0.05) is 24.7 Å². The number of nitrogens with zero attached hydrogens (tertiary/aromatic N) is 2. The van der Waals surface area contributed by atoms with Crippen LogP contribution in [0.1, 0.15) is 41.7 Å². The highest BCUT2D eigenvalue weighted by molar-refractivity contribution is 5.92. The summed E-state index contributed by atoms with van der Waals surface area (Å²) in [7, 11) is 0. The first-order chi connectivity index (χ1) is 12.7. The van der Waals surface area contributed by atoms with Gasteiger partial charge >= 0.3 is 5.91 Å². The first-order valence-electron chi connectivity index (χ1n) is 9.20. The van der Waals surface area contributed by atoms with Crippen LogP contribution in [0.2, 0.25) is 0 Å². The summed E-state index contributed by atoms with van der Waals surface area (Å²) in [4.78, 5) is 15.1. The molecule has 26 heavy (non-hydrogen) atoms. The van der Waals surface area contributed by atoms with E-state index in [0.29, 0.717) is 11.3 Å². The molecule has 2 aromatic carbocycles.